The van der Waals surface area contributed by atoms with Crippen molar-refractivity contribution in [2.24, 2.45) is 0 Å². The summed E-state index contributed by atoms with van der Waals surface area (Å²) >= 11 is 0. The van der Waals surface area contributed by atoms with Crippen LogP contribution in [0.5, 0.6) is 0 Å². The van der Waals surface area contributed by atoms with E-state index in [1.165, 1.54) is 10.4 Å². The van der Waals surface area contributed by atoms with Crippen molar-refractivity contribution in [3.05, 3.63) is 113 Å². The fourth-order valence-corrected chi connectivity index (χ4v) is 6.20. The molecule has 1 aliphatic heterocycles. The van der Waals surface area contributed by atoms with Gasteiger partial charge in [0.15, 0.2) is 0 Å². The first-order valence-electron chi connectivity index (χ1n) is 12.2. The van der Waals surface area contributed by atoms with E-state index in [1.807, 2.05) is 39.9 Å². The number of sulfonamides is 1. The molecule has 0 fully saturated rings. The van der Waals surface area contributed by atoms with Crippen LogP contribution in [-0.4, -0.2) is 40.5 Å². The van der Waals surface area contributed by atoms with Crippen LogP contribution in [-0.2, 0) is 36.1 Å². The Morgan fingerprint density at radius 3 is 2.38 bits per heavy atom. The van der Waals surface area contributed by atoms with E-state index in [-0.39, 0.29) is 24.5 Å². The molecule has 192 valence electrons. The summed E-state index contributed by atoms with van der Waals surface area (Å²) in [6, 6.07) is 21.6. The summed E-state index contributed by atoms with van der Waals surface area (Å²) in [5.41, 5.74) is 3.77. The lowest BCUT2D eigenvalue weighted by Crippen LogP contribution is -2.33. The Bertz CT molecular complexity index is 1490. The standard InChI is InChI=1S/C28H28F2N4O2S/c1-2-33(37(35,36)24-11-7-4-8-12-24)20-27-25-19-32(18-21-17-22(29)13-14-26(21)30)16-15-28(25)34(31-27)23-9-5-3-6-10-23/h3-14,17H,2,15-16,18-20H2,1H3. The van der Waals surface area contributed by atoms with Crippen molar-refractivity contribution in [1.29, 1.82) is 0 Å². The molecule has 0 aliphatic carbocycles. The number of para-hydroxylation sites is 1. The average molecular weight is 523 g/mol. The van der Waals surface area contributed by atoms with Crippen molar-refractivity contribution in [3.8, 4) is 5.69 Å². The third-order valence-electron chi connectivity index (χ3n) is 6.68. The van der Waals surface area contributed by atoms with Crippen molar-refractivity contribution in [3.63, 3.8) is 0 Å². The highest BCUT2D eigenvalue weighted by Gasteiger charge is 2.30. The van der Waals surface area contributed by atoms with Gasteiger partial charge in [-0.3, -0.25) is 4.90 Å². The largest absolute Gasteiger partial charge is 0.294 e. The number of fused-ring (bicyclic) bond motifs is 1. The molecular weight excluding hydrogens is 494 g/mol. The van der Waals surface area contributed by atoms with Gasteiger partial charge in [0.25, 0.3) is 0 Å². The molecule has 0 saturated carbocycles. The highest BCUT2D eigenvalue weighted by Crippen LogP contribution is 2.29. The molecule has 0 radical (unpaired) electrons. The predicted molar refractivity (Wildman–Crippen MR) is 137 cm³/mol. The van der Waals surface area contributed by atoms with Gasteiger partial charge in [0.05, 0.1) is 28.5 Å². The van der Waals surface area contributed by atoms with E-state index >= 15 is 0 Å². The lowest BCUT2D eigenvalue weighted by molar-refractivity contribution is 0.238. The Balaban J connectivity index is 1.50. The van der Waals surface area contributed by atoms with Crippen LogP contribution in [0, 0.1) is 11.6 Å². The second-order valence-corrected chi connectivity index (χ2v) is 11.0. The SMILES string of the molecule is CCN(Cc1nn(-c2ccccc2)c2c1CN(Cc1cc(F)ccc1F)CC2)S(=O)(=O)c1ccccc1. The normalized spacial score (nSPS) is 14.2. The van der Waals surface area contributed by atoms with Gasteiger partial charge in [-0.1, -0.05) is 43.3 Å². The van der Waals surface area contributed by atoms with Crippen LogP contribution in [0.2, 0.25) is 0 Å². The number of hydrogen-bond acceptors (Lipinski definition) is 4. The van der Waals surface area contributed by atoms with Gasteiger partial charge in [-0.25, -0.2) is 21.9 Å². The summed E-state index contributed by atoms with van der Waals surface area (Å²) in [6.45, 7) is 3.54. The highest BCUT2D eigenvalue weighted by atomic mass is 32.2. The van der Waals surface area contributed by atoms with Gasteiger partial charge in [0.2, 0.25) is 10.0 Å². The molecule has 0 N–H and O–H groups in total. The van der Waals surface area contributed by atoms with E-state index in [4.69, 9.17) is 5.10 Å². The average Bonchev–Trinajstić information content (AvgIpc) is 3.28. The molecule has 0 saturated heterocycles. The molecule has 0 unspecified atom stereocenters. The van der Waals surface area contributed by atoms with E-state index in [0.29, 0.717) is 30.8 Å². The van der Waals surface area contributed by atoms with Gasteiger partial charge in [0.1, 0.15) is 11.6 Å². The van der Waals surface area contributed by atoms with Gasteiger partial charge in [0, 0.05) is 43.7 Å². The molecule has 4 aromatic rings. The zero-order chi connectivity index (χ0) is 26.0. The second kappa shape index (κ2) is 10.5. The van der Waals surface area contributed by atoms with Gasteiger partial charge in [-0.05, 0) is 42.5 Å². The second-order valence-electron chi connectivity index (χ2n) is 9.06. The summed E-state index contributed by atoms with van der Waals surface area (Å²) in [6.07, 6.45) is 0.645. The Morgan fingerprint density at radius 2 is 1.68 bits per heavy atom. The van der Waals surface area contributed by atoms with E-state index in [9.17, 15) is 17.2 Å². The zero-order valence-corrected chi connectivity index (χ0v) is 21.3. The van der Waals surface area contributed by atoms with E-state index < -0.39 is 21.7 Å². The fraction of sp³-hybridized carbons (Fsp3) is 0.250. The van der Waals surface area contributed by atoms with Gasteiger partial charge < -0.3 is 0 Å². The predicted octanol–water partition coefficient (Wildman–Crippen LogP) is 4.92. The number of aromatic nitrogens is 2. The van der Waals surface area contributed by atoms with Crippen LogP contribution in [0.15, 0.2) is 83.8 Å². The fourth-order valence-electron chi connectivity index (χ4n) is 4.77. The Morgan fingerprint density at radius 1 is 0.973 bits per heavy atom. The lowest BCUT2D eigenvalue weighted by Gasteiger charge is -2.28. The van der Waals surface area contributed by atoms with Gasteiger partial charge >= 0.3 is 0 Å². The summed E-state index contributed by atoms with van der Waals surface area (Å²) in [5, 5.41) is 4.88. The monoisotopic (exact) mass is 522 g/mol. The first-order valence-corrected chi connectivity index (χ1v) is 13.7. The molecule has 3 aromatic carbocycles. The third kappa shape index (κ3) is 5.20. The van der Waals surface area contributed by atoms with Crippen molar-refractivity contribution in [2.45, 2.75) is 37.9 Å². The van der Waals surface area contributed by atoms with Crippen LogP contribution in [0.25, 0.3) is 5.69 Å². The zero-order valence-electron chi connectivity index (χ0n) is 20.5. The number of rotatable bonds is 8. The minimum atomic E-state index is -3.72. The van der Waals surface area contributed by atoms with E-state index in [0.717, 1.165) is 29.1 Å². The molecule has 1 aromatic heterocycles. The number of halogens is 2. The van der Waals surface area contributed by atoms with E-state index in [2.05, 4.69) is 0 Å². The maximum absolute atomic E-state index is 14.4. The summed E-state index contributed by atoms with van der Waals surface area (Å²) in [4.78, 5) is 2.28. The molecule has 37 heavy (non-hydrogen) atoms. The Kier molecular flexibility index (Phi) is 7.19. The molecule has 0 bridgehead atoms. The maximum Gasteiger partial charge on any atom is 0.243 e. The van der Waals surface area contributed by atoms with Crippen LogP contribution in [0.1, 0.15) is 29.4 Å². The summed E-state index contributed by atoms with van der Waals surface area (Å²) < 4.78 is 58.2. The molecule has 6 nitrogen and oxygen atoms in total. The topological polar surface area (TPSA) is 58.4 Å². The van der Waals surface area contributed by atoms with Crippen molar-refractivity contribution < 1.29 is 17.2 Å². The van der Waals surface area contributed by atoms with Crippen LogP contribution in [0.4, 0.5) is 8.78 Å². The quantitative estimate of drug-likeness (QED) is 0.330. The third-order valence-corrected chi connectivity index (χ3v) is 8.62. The molecule has 5 rings (SSSR count). The lowest BCUT2D eigenvalue weighted by atomic mass is 10.0. The van der Waals surface area contributed by atoms with Crippen molar-refractivity contribution in [1.82, 2.24) is 19.0 Å². The maximum atomic E-state index is 14.4. The van der Waals surface area contributed by atoms with E-state index in [1.54, 1.807) is 37.3 Å². The summed E-state index contributed by atoms with van der Waals surface area (Å²) in [7, 11) is -3.72. The molecule has 0 spiro atoms. The highest BCUT2D eigenvalue weighted by molar-refractivity contribution is 7.89. The number of nitrogens with zero attached hydrogens (tertiary/aromatic N) is 4. The first-order chi connectivity index (χ1) is 17.9. The van der Waals surface area contributed by atoms with Crippen molar-refractivity contribution >= 4 is 10.0 Å². The molecule has 1 aliphatic rings. The van der Waals surface area contributed by atoms with Crippen LogP contribution in [0.3, 0.4) is 0 Å². The van der Waals surface area contributed by atoms with Crippen molar-refractivity contribution in [2.75, 3.05) is 13.1 Å². The first kappa shape index (κ1) is 25.3. The van der Waals surface area contributed by atoms with Gasteiger partial charge in [-0.15, -0.1) is 0 Å². The summed E-state index contributed by atoms with van der Waals surface area (Å²) in [5.74, 6) is -0.921. The minimum Gasteiger partial charge on any atom is -0.294 e. The molecule has 0 amide bonds. The van der Waals surface area contributed by atoms with Gasteiger partial charge in [-0.2, -0.15) is 9.40 Å². The Labute approximate surface area is 215 Å². The molecular formula is C28H28F2N4O2S. The molecule has 9 heteroatoms. The number of hydrogen-bond donors (Lipinski definition) is 0. The number of benzene rings is 3. The molecule has 0 atom stereocenters. The minimum absolute atomic E-state index is 0.109. The smallest absolute Gasteiger partial charge is 0.243 e. The molecule has 2 heterocycles. The van der Waals surface area contributed by atoms with Crippen LogP contribution < -0.4 is 0 Å². The Hall–Kier alpha value is -3.40. The van der Waals surface area contributed by atoms with Crippen LogP contribution >= 0.6 is 0 Å².